The zero-order valence-corrected chi connectivity index (χ0v) is 16.0. The van der Waals surface area contributed by atoms with Gasteiger partial charge in [-0.05, 0) is 36.4 Å². The number of rotatable bonds is 6. The van der Waals surface area contributed by atoms with Gasteiger partial charge in [-0.1, -0.05) is 12.1 Å². The number of hydrogen-bond donors (Lipinski definition) is 1. The first kappa shape index (κ1) is 18.4. The van der Waals surface area contributed by atoms with Gasteiger partial charge in [-0.25, -0.2) is 9.97 Å². The molecule has 0 aliphatic rings. The number of hydrogen-bond acceptors (Lipinski definition) is 6. The molecule has 2 aromatic heterocycles. The average molecular weight is 389 g/mol. The monoisotopic (exact) mass is 389 g/mol. The maximum atomic E-state index is 12.4. The largest absolute Gasteiger partial charge is 0.497 e. The highest BCUT2D eigenvalue weighted by Gasteiger charge is 2.12. The van der Waals surface area contributed by atoms with Crippen LogP contribution in [0.1, 0.15) is 0 Å². The number of fused-ring (bicyclic) bond motifs is 1. The van der Waals surface area contributed by atoms with Crippen molar-refractivity contribution in [3.63, 3.8) is 0 Å². The molecular weight excluding hydrogens is 370 g/mol. The average Bonchev–Trinajstić information content (AvgIpc) is 3.12. The first-order valence-electron chi connectivity index (χ1n) is 8.95. The van der Waals surface area contributed by atoms with Gasteiger partial charge in [0.05, 0.1) is 23.7 Å². The van der Waals surface area contributed by atoms with Gasteiger partial charge in [0, 0.05) is 18.7 Å². The fourth-order valence-corrected chi connectivity index (χ4v) is 2.90. The zero-order chi connectivity index (χ0) is 20.2. The predicted molar refractivity (Wildman–Crippen MR) is 109 cm³/mol. The first-order chi connectivity index (χ1) is 14.1. The van der Waals surface area contributed by atoms with Crippen molar-refractivity contribution >= 4 is 22.6 Å². The molecule has 0 unspecified atom stereocenters. The number of ether oxygens (including phenoxy) is 2. The van der Waals surface area contributed by atoms with Crippen molar-refractivity contribution in [1.29, 1.82) is 0 Å². The quantitative estimate of drug-likeness (QED) is 0.545. The maximum Gasteiger partial charge on any atom is 0.263 e. The summed E-state index contributed by atoms with van der Waals surface area (Å²) in [6.07, 6.45) is 1.41. The molecule has 0 spiro atoms. The Hall–Kier alpha value is -3.94. The second-order valence-electron chi connectivity index (χ2n) is 6.30. The second kappa shape index (κ2) is 7.97. The molecule has 146 valence electrons. The third-order valence-corrected chi connectivity index (χ3v) is 4.38. The van der Waals surface area contributed by atoms with Gasteiger partial charge < -0.3 is 14.8 Å². The molecule has 8 heteroatoms. The van der Waals surface area contributed by atoms with Gasteiger partial charge in [0.1, 0.15) is 17.9 Å². The standard InChI is InChI=1S/C21H19N5O3/c1-26-19(11-18(25-26)14-7-9-15(28-2)10-8-14)24-20(27)12-29-21-16-5-3-4-6-17(16)22-13-23-21/h3-11,13H,12H2,1-2H3,(H,24,27). The minimum Gasteiger partial charge on any atom is -0.497 e. The number of carbonyl (C=O) groups is 1. The van der Waals surface area contributed by atoms with Crippen LogP contribution in [0.25, 0.3) is 22.2 Å². The molecule has 4 rings (SSSR count). The van der Waals surface area contributed by atoms with E-state index in [1.807, 2.05) is 48.5 Å². The number of carbonyl (C=O) groups excluding carboxylic acids is 1. The smallest absolute Gasteiger partial charge is 0.263 e. The normalized spacial score (nSPS) is 10.7. The molecule has 0 bridgehead atoms. The van der Waals surface area contributed by atoms with Crippen LogP contribution in [0.15, 0.2) is 60.9 Å². The lowest BCUT2D eigenvalue weighted by atomic mass is 10.1. The summed E-state index contributed by atoms with van der Waals surface area (Å²) in [5, 5.41) is 8.01. The molecule has 0 radical (unpaired) electrons. The third-order valence-electron chi connectivity index (χ3n) is 4.38. The Morgan fingerprint density at radius 2 is 1.90 bits per heavy atom. The molecule has 1 amide bonds. The molecule has 0 aliphatic carbocycles. The van der Waals surface area contributed by atoms with Gasteiger partial charge in [-0.15, -0.1) is 0 Å². The van der Waals surface area contributed by atoms with Crippen molar-refractivity contribution in [2.24, 2.45) is 7.05 Å². The Morgan fingerprint density at radius 3 is 2.69 bits per heavy atom. The van der Waals surface area contributed by atoms with Crippen LogP contribution in [-0.2, 0) is 11.8 Å². The molecule has 0 fully saturated rings. The lowest BCUT2D eigenvalue weighted by Crippen LogP contribution is -2.22. The van der Waals surface area contributed by atoms with Gasteiger partial charge in [-0.3, -0.25) is 9.48 Å². The van der Waals surface area contributed by atoms with E-state index in [0.29, 0.717) is 11.7 Å². The van der Waals surface area contributed by atoms with Crippen molar-refractivity contribution in [1.82, 2.24) is 19.7 Å². The van der Waals surface area contributed by atoms with E-state index in [-0.39, 0.29) is 12.5 Å². The molecule has 2 heterocycles. The molecule has 0 atom stereocenters. The maximum absolute atomic E-state index is 12.4. The molecule has 8 nitrogen and oxygen atoms in total. The predicted octanol–water partition coefficient (Wildman–Crippen LogP) is 3.06. The van der Waals surface area contributed by atoms with Crippen LogP contribution in [0.2, 0.25) is 0 Å². The summed E-state index contributed by atoms with van der Waals surface area (Å²) in [5.41, 5.74) is 2.42. The SMILES string of the molecule is COc1ccc(-c2cc(NC(=O)COc3ncnc4ccccc34)n(C)n2)cc1. The van der Waals surface area contributed by atoms with Crippen molar-refractivity contribution in [2.75, 3.05) is 19.0 Å². The van der Waals surface area contributed by atoms with Gasteiger partial charge in [0.25, 0.3) is 5.91 Å². The molecule has 1 N–H and O–H groups in total. The number of para-hydroxylation sites is 1. The van der Waals surface area contributed by atoms with Gasteiger partial charge in [0.15, 0.2) is 6.61 Å². The van der Waals surface area contributed by atoms with Crippen LogP contribution in [0, 0.1) is 0 Å². The Labute approximate surface area is 167 Å². The van der Waals surface area contributed by atoms with Crippen LogP contribution in [0.5, 0.6) is 11.6 Å². The molecule has 0 saturated carbocycles. The van der Waals surface area contributed by atoms with Crippen molar-refractivity contribution in [2.45, 2.75) is 0 Å². The summed E-state index contributed by atoms with van der Waals surface area (Å²) in [5.74, 6) is 1.40. The van der Waals surface area contributed by atoms with Gasteiger partial charge >= 0.3 is 0 Å². The Morgan fingerprint density at radius 1 is 1.10 bits per heavy atom. The van der Waals surface area contributed by atoms with Crippen LogP contribution in [0.4, 0.5) is 5.82 Å². The minimum atomic E-state index is -0.308. The number of nitrogens with zero attached hydrogens (tertiary/aromatic N) is 4. The van der Waals surface area contributed by atoms with E-state index in [2.05, 4.69) is 20.4 Å². The Balaban J connectivity index is 1.43. The number of benzene rings is 2. The highest BCUT2D eigenvalue weighted by atomic mass is 16.5. The lowest BCUT2D eigenvalue weighted by Gasteiger charge is -2.08. The third kappa shape index (κ3) is 4.01. The molecule has 4 aromatic rings. The molecular formula is C21H19N5O3. The summed E-state index contributed by atoms with van der Waals surface area (Å²) in [6.45, 7) is -0.177. The summed E-state index contributed by atoms with van der Waals surface area (Å²) in [7, 11) is 3.39. The molecule has 0 aliphatic heterocycles. The summed E-state index contributed by atoms with van der Waals surface area (Å²) < 4.78 is 12.4. The van der Waals surface area contributed by atoms with Crippen LogP contribution < -0.4 is 14.8 Å². The minimum absolute atomic E-state index is 0.177. The Bertz CT molecular complexity index is 1150. The van der Waals surface area contributed by atoms with Crippen LogP contribution >= 0.6 is 0 Å². The van der Waals surface area contributed by atoms with Gasteiger partial charge in [-0.2, -0.15) is 5.10 Å². The van der Waals surface area contributed by atoms with Crippen molar-refractivity contribution in [3.05, 3.63) is 60.9 Å². The van der Waals surface area contributed by atoms with Crippen LogP contribution in [-0.4, -0.2) is 39.4 Å². The van der Waals surface area contributed by atoms with E-state index >= 15 is 0 Å². The molecule has 2 aromatic carbocycles. The summed E-state index contributed by atoms with van der Waals surface area (Å²) in [4.78, 5) is 20.7. The number of amides is 1. The second-order valence-corrected chi connectivity index (χ2v) is 6.30. The Kier molecular flexibility index (Phi) is 5.07. The lowest BCUT2D eigenvalue weighted by molar-refractivity contribution is -0.118. The fourth-order valence-electron chi connectivity index (χ4n) is 2.90. The van der Waals surface area contributed by atoms with E-state index in [1.54, 1.807) is 24.9 Å². The fraction of sp³-hybridized carbons (Fsp3) is 0.143. The highest BCUT2D eigenvalue weighted by Crippen LogP contribution is 2.24. The van der Waals surface area contributed by atoms with E-state index in [4.69, 9.17) is 9.47 Å². The highest BCUT2D eigenvalue weighted by molar-refractivity contribution is 5.92. The van der Waals surface area contributed by atoms with Crippen LogP contribution in [0.3, 0.4) is 0 Å². The summed E-state index contributed by atoms with van der Waals surface area (Å²) >= 11 is 0. The van der Waals surface area contributed by atoms with Crippen molar-refractivity contribution < 1.29 is 14.3 Å². The molecule has 0 saturated heterocycles. The number of aromatic nitrogens is 4. The van der Waals surface area contributed by atoms with E-state index in [9.17, 15) is 4.79 Å². The number of aryl methyl sites for hydroxylation is 1. The molecule has 29 heavy (non-hydrogen) atoms. The zero-order valence-electron chi connectivity index (χ0n) is 16.0. The van der Waals surface area contributed by atoms with E-state index in [1.165, 1.54) is 6.33 Å². The summed E-state index contributed by atoms with van der Waals surface area (Å²) in [6, 6.07) is 16.8. The number of methoxy groups -OCH3 is 1. The van der Waals surface area contributed by atoms with E-state index in [0.717, 1.165) is 27.9 Å². The number of anilines is 1. The number of nitrogens with one attached hydrogen (secondary N) is 1. The van der Waals surface area contributed by atoms with E-state index < -0.39 is 0 Å². The first-order valence-corrected chi connectivity index (χ1v) is 8.95. The topological polar surface area (TPSA) is 91.2 Å². The van der Waals surface area contributed by atoms with Crippen molar-refractivity contribution in [3.8, 4) is 22.9 Å². The van der Waals surface area contributed by atoms with Gasteiger partial charge in [0.2, 0.25) is 5.88 Å².